The van der Waals surface area contributed by atoms with E-state index in [9.17, 15) is 4.79 Å². The molecule has 2 saturated carbocycles. The Kier molecular flexibility index (Phi) is 3.53. The normalized spacial score (nSPS) is 26.3. The second kappa shape index (κ2) is 4.74. The fourth-order valence-corrected chi connectivity index (χ4v) is 3.14. The molecule has 1 unspecified atom stereocenters. The van der Waals surface area contributed by atoms with Crippen LogP contribution in [0, 0.1) is 5.92 Å². The second-order valence-corrected chi connectivity index (χ2v) is 5.44. The summed E-state index contributed by atoms with van der Waals surface area (Å²) in [7, 11) is 0. The molecule has 2 aliphatic carbocycles. The van der Waals surface area contributed by atoms with Crippen LogP contribution in [0.2, 0.25) is 0 Å². The van der Waals surface area contributed by atoms with Crippen molar-refractivity contribution in [2.75, 3.05) is 0 Å². The van der Waals surface area contributed by atoms with Gasteiger partial charge in [-0.05, 0) is 38.0 Å². The quantitative estimate of drug-likeness (QED) is 0.750. The van der Waals surface area contributed by atoms with Crippen LogP contribution in [0.1, 0.15) is 58.3 Å². The second-order valence-electron chi connectivity index (χ2n) is 5.44. The number of rotatable bonds is 5. The summed E-state index contributed by atoms with van der Waals surface area (Å²) in [6, 6.07) is 0.516. The molecule has 0 saturated heterocycles. The molecule has 0 aromatic rings. The third-order valence-corrected chi connectivity index (χ3v) is 4.34. The molecular weight excluding hydrogens is 200 g/mol. The molecule has 1 atom stereocenters. The van der Waals surface area contributed by atoms with Crippen molar-refractivity contribution in [3.05, 3.63) is 0 Å². The summed E-state index contributed by atoms with van der Waals surface area (Å²) in [5, 5.41) is 3.61. The van der Waals surface area contributed by atoms with E-state index in [1.165, 1.54) is 32.1 Å². The minimum Gasteiger partial charge on any atom is -0.368 e. The van der Waals surface area contributed by atoms with Crippen molar-refractivity contribution in [2.24, 2.45) is 11.7 Å². The van der Waals surface area contributed by atoms with E-state index in [-0.39, 0.29) is 5.91 Å². The topological polar surface area (TPSA) is 55.1 Å². The highest BCUT2D eigenvalue weighted by Gasteiger charge is 2.49. The van der Waals surface area contributed by atoms with Crippen molar-refractivity contribution in [2.45, 2.75) is 69.9 Å². The Hall–Kier alpha value is -0.570. The zero-order chi connectivity index (χ0) is 11.6. The summed E-state index contributed by atoms with van der Waals surface area (Å²) < 4.78 is 0. The third-order valence-electron chi connectivity index (χ3n) is 4.34. The van der Waals surface area contributed by atoms with E-state index in [1.807, 2.05) is 0 Å². The van der Waals surface area contributed by atoms with Crippen molar-refractivity contribution < 1.29 is 4.79 Å². The van der Waals surface area contributed by atoms with E-state index >= 15 is 0 Å². The predicted octanol–water partition coefficient (Wildman–Crippen LogP) is 1.95. The van der Waals surface area contributed by atoms with Crippen LogP contribution in [0.4, 0.5) is 0 Å². The van der Waals surface area contributed by atoms with Crippen LogP contribution in [0.3, 0.4) is 0 Å². The lowest BCUT2D eigenvalue weighted by Gasteiger charge is -2.37. The van der Waals surface area contributed by atoms with E-state index < -0.39 is 5.54 Å². The van der Waals surface area contributed by atoms with Crippen LogP contribution < -0.4 is 11.1 Å². The summed E-state index contributed by atoms with van der Waals surface area (Å²) >= 11 is 0. The van der Waals surface area contributed by atoms with Crippen molar-refractivity contribution in [1.29, 1.82) is 0 Å². The molecule has 3 nitrogen and oxygen atoms in total. The molecule has 92 valence electrons. The van der Waals surface area contributed by atoms with Gasteiger partial charge in [0.15, 0.2) is 0 Å². The smallest absolute Gasteiger partial charge is 0.238 e. The number of nitrogens with one attached hydrogen (secondary N) is 1. The first-order valence-electron chi connectivity index (χ1n) is 6.76. The van der Waals surface area contributed by atoms with Crippen LogP contribution in [-0.4, -0.2) is 17.5 Å². The minimum atomic E-state index is -0.401. The van der Waals surface area contributed by atoms with Gasteiger partial charge in [-0.3, -0.25) is 4.79 Å². The van der Waals surface area contributed by atoms with Crippen LogP contribution in [0.15, 0.2) is 0 Å². The third kappa shape index (κ3) is 2.24. The molecule has 0 radical (unpaired) electrons. The number of nitrogens with two attached hydrogens (primary N) is 1. The van der Waals surface area contributed by atoms with Gasteiger partial charge in [-0.15, -0.1) is 0 Å². The van der Waals surface area contributed by atoms with Gasteiger partial charge in [-0.2, -0.15) is 0 Å². The fourth-order valence-electron chi connectivity index (χ4n) is 3.14. The van der Waals surface area contributed by atoms with Crippen LogP contribution in [0.25, 0.3) is 0 Å². The number of amides is 1. The Morgan fingerprint density at radius 2 is 1.88 bits per heavy atom. The molecule has 16 heavy (non-hydrogen) atoms. The lowest BCUT2D eigenvalue weighted by atomic mass is 9.85. The molecule has 0 aliphatic heterocycles. The molecule has 0 aromatic heterocycles. The van der Waals surface area contributed by atoms with Gasteiger partial charge in [-0.25, -0.2) is 0 Å². The maximum atomic E-state index is 11.8. The SMILES string of the molecule is CCC(NC1CCCCC1)(C(N)=O)C1CC1. The summed E-state index contributed by atoms with van der Waals surface area (Å²) in [6.45, 7) is 2.08. The fraction of sp³-hybridized carbons (Fsp3) is 0.923. The molecule has 0 heterocycles. The van der Waals surface area contributed by atoms with Crippen molar-refractivity contribution in [1.82, 2.24) is 5.32 Å². The Morgan fingerprint density at radius 1 is 1.25 bits per heavy atom. The molecule has 2 aliphatic rings. The lowest BCUT2D eigenvalue weighted by Crippen LogP contribution is -2.60. The van der Waals surface area contributed by atoms with Gasteiger partial charge >= 0.3 is 0 Å². The summed E-state index contributed by atoms with van der Waals surface area (Å²) in [5.41, 5.74) is 5.24. The molecule has 2 rings (SSSR count). The summed E-state index contributed by atoms with van der Waals surface area (Å²) in [5.74, 6) is 0.361. The van der Waals surface area contributed by atoms with E-state index in [2.05, 4.69) is 12.2 Å². The van der Waals surface area contributed by atoms with Gasteiger partial charge in [0.25, 0.3) is 0 Å². The van der Waals surface area contributed by atoms with Crippen molar-refractivity contribution in [3.63, 3.8) is 0 Å². The van der Waals surface area contributed by atoms with Crippen molar-refractivity contribution in [3.8, 4) is 0 Å². The lowest BCUT2D eigenvalue weighted by molar-refractivity contribution is -0.126. The predicted molar refractivity (Wildman–Crippen MR) is 64.9 cm³/mol. The first-order chi connectivity index (χ1) is 7.69. The van der Waals surface area contributed by atoms with Gasteiger partial charge in [0.2, 0.25) is 5.91 Å². The number of hydrogen-bond acceptors (Lipinski definition) is 2. The Labute approximate surface area is 98.2 Å². The van der Waals surface area contributed by atoms with Crippen molar-refractivity contribution >= 4 is 5.91 Å². The molecule has 3 heteroatoms. The molecule has 2 fully saturated rings. The van der Waals surface area contributed by atoms with Gasteiger partial charge in [0.1, 0.15) is 5.54 Å². The van der Waals surface area contributed by atoms with Gasteiger partial charge in [0.05, 0.1) is 0 Å². The largest absolute Gasteiger partial charge is 0.368 e. The Bertz CT molecular complexity index is 257. The van der Waals surface area contributed by atoms with Gasteiger partial charge in [-0.1, -0.05) is 26.2 Å². The Balaban J connectivity index is 2.03. The standard InChI is InChI=1S/C13H24N2O/c1-2-13(12(14)16,10-8-9-10)15-11-6-4-3-5-7-11/h10-11,15H,2-9H2,1H3,(H2,14,16). The average Bonchev–Trinajstić information content (AvgIpc) is 3.11. The monoisotopic (exact) mass is 224 g/mol. The van der Waals surface area contributed by atoms with E-state index in [4.69, 9.17) is 5.73 Å². The highest BCUT2D eigenvalue weighted by Crippen LogP contribution is 2.42. The van der Waals surface area contributed by atoms with E-state index in [0.717, 1.165) is 19.3 Å². The summed E-state index contributed by atoms with van der Waals surface area (Å²) in [4.78, 5) is 11.8. The summed E-state index contributed by atoms with van der Waals surface area (Å²) in [6.07, 6.45) is 9.51. The van der Waals surface area contributed by atoms with Gasteiger partial charge < -0.3 is 11.1 Å². The van der Waals surface area contributed by atoms with Crippen LogP contribution in [0.5, 0.6) is 0 Å². The van der Waals surface area contributed by atoms with E-state index in [0.29, 0.717) is 12.0 Å². The number of carbonyl (C=O) groups is 1. The number of primary amides is 1. The minimum absolute atomic E-state index is 0.136. The molecule has 0 spiro atoms. The van der Waals surface area contributed by atoms with Gasteiger partial charge in [0, 0.05) is 6.04 Å². The molecule has 3 N–H and O–H groups in total. The highest BCUT2D eigenvalue weighted by atomic mass is 16.1. The zero-order valence-electron chi connectivity index (χ0n) is 10.3. The highest BCUT2D eigenvalue weighted by molar-refractivity contribution is 5.85. The van der Waals surface area contributed by atoms with Crippen LogP contribution in [-0.2, 0) is 4.79 Å². The number of carbonyl (C=O) groups excluding carboxylic acids is 1. The molecule has 0 bridgehead atoms. The average molecular weight is 224 g/mol. The molecule has 0 aromatic carbocycles. The van der Waals surface area contributed by atoms with Crippen LogP contribution >= 0.6 is 0 Å². The number of hydrogen-bond donors (Lipinski definition) is 2. The zero-order valence-corrected chi connectivity index (χ0v) is 10.3. The maximum Gasteiger partial charge on any atom is 0.238 e. The molecule has 1 amide bonds. The maximum absolute atomic E-state index is 11.8. The molecular formula is C13H24N2O. The first kappa shape index (κ1) is 11.9. The Morgan fingerprint density at radius 3 is 2.31 bits per heavy atom. The first-order valence-corrected chi connectivity index (χ1v) is 6.76. The van der Waals surface area contributed by atoms with E-state index in [1.54, 1.807) is 0 Å².